The molecule has 1 aromatic carbocycles. The number of aliphatic carboxylic acids is 1. The molecule has 2 N–H and O–H groups in total. The molecule has 0 radical (unpaired) electrons. The van der Waals surface area contributed by atoms with Crippen molar-refractivity contribution in [3.05, 3.63) is 35.9 Å². The second-order valence-corrected chi connectivity index (χ2v) is 6.53. The predicted octanol–water partition coefficient (Wildman–Crippen LogP) is 3.19. The lowest BCUT2D eigenvalue weighted by Crippen LogP contribution is -2.47. The first kappa shape index (κ1) is 16.5. The second kappa shape index (κ2) is 7.43. The summed E-state index contributed by atoms with van der Waals surface area (Å²) in [6.07, 6.45) is 3.63. The van der Waals surface area contributed by atoms with Crippen LogP contribution >= 0.6 is 0 Å². The third-order valence-electron chi connectivity index (χ3n) is 4.60. The zero-order chi connectivity index (χ0) is 16.1. The number of hydrogen-bond acceptors (Lipinski definition) is 2. The molecule has 0 heterocycles. The van der Waals surface area contributed by atoms with Gasteiger partial charge in [0.15, 0.2) is 0 Å². The van der Waals surface area contributed by atoms with Gasteiger partial charge in [0.05, 0.1) is 0 Å². The van der Waals surface area contributed by atoms with Crippen LogP contribution in [0.5, 0.6) is 0 Å². The third kappa shape index (κ3) is 4.09. The summed E-state index contributed by atoms with van der Waals surface area (Å²) in [4.78, 5) is 23.5. The van der Waals surface area contributed by atoms with Crippen LogP contribution in [-0.4, -0.2) is 23.0 Å². The molecule has 1 amide bonds. The first-order chi connectivity index (χ1) is 10.5. The van der Waals surface area contributed by atoms with Crippen LogP contribution in [0.25, 0.3) is 0 Å². The summed E-state index contributed by atoms with van der Waals surface area (Å²) in [6.45, 7) is 3.62. The predicted molar refractivity (Wildman–Crippen MR) is 85.5 cm³/mol. The number of nitrogens with one attached hydrogen (secondary N) is 1. The summed E-state index contributed by atoms with van der Waals surface area (Å²) in [5.41, 5.74) is 1.34. The van der Waals surface area contributed by atoms with Crippen molar-refractivity contribution >= 4 is 11.9 Å². The van der Waals surface area contributed by atoms with Gasteiger partial charge in [0.2, 0.25) is 5.91 Å². The molecule has 120 valence electrons. The van der Waals surface area contributed by atoms with Gasteiger partial charge in [-0.25, -0.2) is 4.79 Å². The van der Waals surface area contributed by atoms with Crippen molar-refractivity contribution < 1.29 is 14.7 Å². The Morgan fingerprint density at radius 2 is 1.68 bits per heavy atom. The smallest absolute Gasteiger partial charge is 0.326 e. The Labute approximate surface area is 131 Å². The molecule has 0 bridgehead atoms. The summed E-state index contributed by atoms with van der Waals surface area (Å²) in [5, 5.41) is 11.9. The zero-order valence-electron chi connectivity index (χ0n) is 13.3. The van der Waals surface area contributed by atoms with Gasteiger partial charge < -0.3 is 10.4 Å². The van der Waals surface area contributed by atoms with Crippen LogP contribution in [0, 0.1) is 11.8 Å². The maximum atomic E-state index is 12.3. The average Bonchev–Trinajstić information content (AvgIpc) is 2.52. The molecule has 4 nitrogen and oxygen atoms in total. The fraction of sp³-hybridized carbons (Fsp3) is 0.556. The number of benzene rings is 1. The SMILES string of the molecule is CC(C)C(NC(=O)C1CCC(c2ccccc2)CC1)C(=O)O. The van der Waals surface area contributed by atoms with E-state index in [1.54, 1.807) is 0 Å². The van der Waals surface area contributed by atoms with E-state index < -0.39 is 12.0 Å². The van der Waals surface area contributed by atoms with E-state index in [2.05, 4.69) is 17.4 Å². The minimum atomic E-state index is -0.957. The first-order valence-electron chi connectivity index (χ1n) is 8.07. The van der Waals surface area contributed by atoms with Crippen molar-refractivity contribution in [1.29, 1.82) is 0 Å². The number of carboxylic acids is 1. The van der Waals surface area contributed by atoms with Gasteiger partial charge >= 0.3 is 5.97 Å². The number of carbonyl (C=O) groups is 2. The van der Waals surface area contributed by atoms with Gasteiger partial charge in [-0.2, -0.15) is 0 Å². The molecule has 1 saturated carbocycles. The summed E-state index contributed by atoms with van der Waals surface area (Å²) >= 11 is 0. The van der Waals surface area contributed by atoms with E-state index in [-0.39, 0.29) is 17.7 Å². The minimum absolute atomic E-state index is 0.0550. The molecule has 1 aromatic rings. The Morgan fingerprint density at radius 3 is 2.18 bits per heavy atom. The van der Waals surface area contributed by atoms with E-state index in [9.17, 15) is 9.59 Å². The molecule has 0 spiro atoms. The Kier molecular flexibility index (Phi) is 5.58. The lowest BCUT2D eigenvalue weighted by molar-refractivity contribution is -0.144. The van der Waals surface area contributed by atoms with Crippen molar-refractivity contribution in [1.82, 2.24) is 5.32 Å². The molecule has 1 fully saturated rings. The maximum Gasteiger partial charge on any atom is 0.326 e. The highest BCUT2D eigenvalue weighted by atomic mass is 16.4. The Hall–Kier alpha value is -1.84. The average molecular weight is 303 g/mol. The van der Waals surface area contributed by atoms with Crippen molar-refractivity contribution in [2.45, 2.75) is 51.5 Å². The van der Waals surface area contributed by atoms with E-state index in [4.69, 9.17) is 5.11 Å². The molecule has 0 aromatic heterocycles. The highest BCUT2D eigenvalue weighted by molar-refractivity contribution is 5.85. The van der Waals surface area contributed by atoms with Gasteiger partial charge in [0, 0.05) is 5.92 Å². The Balaban J connectivity index is 1.88. The number of amides is 1. The van der Waals surface area contributed by atoms with Crippen LogP contribution in [0.3, 0.4) is 0 Å². The largest absolute Gasteiger partial charge is 0.480 e. The molecule has 1 atom stereocenters. The Morgan fingerprint density at radius 1 is 1.09 bits per heavy atom. The third-order valence-corrected chi connectivity index (χ3v) is 4.60. The zero-order valence-corrected chi connectivity index (χ0v) is 13.3. The van der Waals surface area contributed by atoms with E-state index >= 15 is 0 Å². The minimum Gasteiger partial charge on any atom is -0.480 e. The van der Waals surface area contributed by atoms with E-state index in [0.717, 1.165) is 25.7 Å². The molecule has 1 unspecified atom stereocenters. The van der Waals surface area contributed by atoms with Crippen molar-refractivity contribution in [2.24, 2.45) is 11.8 Å². The fourth-order valence-electron chi connectivity index (χ4n) is 3.20. The first-order valence-corrected chi connectivity index (χ1v) is 8.07. The molecule has 1 aliphatic rings. The number of hydrogen-bond donors (Lipinski definition) is 2. The fourth-order valence-corrected chi connectivity index (χ4v) is 3.20. The van der Waals surface area contributed by atoms with Crippen molar-refractivity contribution in [3.8, 4) is 0 Å². The summed E-state index contributed by atoms with van der Waals surface area (Å²) in [7, 11) is 0. The van der Waals surface area contributed by atoms with Crippen molar-refractivity contribution in [2.75, 3.05) is 0 Å². The summed E-state index contributed by atoms with van der Waals surface area (Å²) < 4.78 is 0. The van der Waals surface area contributed by atoms with Gasteiger partial charge in [-0.15, -0.1) is 0 Å². The quantitative estimate of drug-likeness (QED) is 0.878. The topological polar surface area (TPSA) is 66.4 Å². The molecule has 0 saturated heterocycles. The van der Waals surface area contributed by atoms with Gasteiger partial charge in [-0.3, -0.25) is 4.79 Å². The standard InChI is InChI=1S/C18H25NO3/c1-12(2)16(18(21)22)19-17(20)15-10-8-14(9-11-15)13-6-4-3-5-7-13/h3-7,12,14-16H,8-11H2,1-2H3,(H,19,20)(H,21,22). The molecule has 1 aliphatic carbocycles. The van der Waals surface area contributed by atoms with Gasteiger partial charge in [0.25, 0.3) is 0 Å². The lowest BCUT2D eigenvalue weighted by Gasteiger charge is -2.29. The van der Waals surface area contributed by atoms with Gasteiger partial charge in [-0.1, -0.05) is 44.2 Å². The van der Waals surface area contributed by atoms with E-state index in [1.807, 2.05) is 32.0 Å². The van der Waals surface area contributed by atoms with E-state index in [0.29, 0.717) is 5.92 Å². The van der Waals surface area contributed by atoms with Crippen LogP contribution in [0.1, 0.15) is 51.0 Å². The summed E-state index contributed by atoms with van der Waals surface area (Å²) in [6, 6.07) is 9.61. The number of carbonyl (C=O) groups excluding carboxylic acids is 1. The molecule has 4 heteroatoms. The molecular formula is C18H25NO3. The van der Waals surface area contributed by atoms with Crippen LogP contribution < -0.4 is 5.32 Å². The highest BCUT2D eigenvalue weighted by Gasteiger charge is 2.30. The van der Waals surface area contributed by atoms with Crippen LogP contribution in [-0.2, 0) is 9.59 Å². The monoisotopic (exact) mass is 303 g/mol. The van der Waals surface area contributed by atoms with Crippen LogP contribution in [0.2, 0.25) is 0 Å². The summed E-state index contributed by atoms with van der Waals surface area (Å²) in [5.74, 6) is -0.706. The molecule has 22 heavy (non-hydrogen) atoms. The lowest BCUT2D eigenvalue weighted by atomic mass is 9.78. The van der Waals surface area contributed by atoms with Crippen molar-refractivity contribution in [3.63, 3.8) is 0 Å². The number of rotatable bonds is 5. The molecule has 2 rings (SSSR count). The normalized spacial score (nSPS) is 23.0. The highest BCUT2D eigenvalue weighted by Crippen LogP contribution is 2.35. The Bertz CT molecular complexity index is 504. The van der Waals surface area contributed by atoms with Gasteiger partial charge in [0.1, 0.15) is 6.04 Å². The second-order valence-electron chi connectivity index (χ2n) is 6.53. The maximum absolute atomic E-state index is 12.3. The van der Waals surface area contributed by atoms with Crippen LogP contribution in [0.15, 0.2) is 30.3 Å². The molecular weight excluding hydrogens is 278 g/mol. The number of carboxylic acid groups (broad SMARTS) is 1. The van der Waals surface area contributed by atoms with Gasteiger partial charge in [-0.05, 0) is 43.1 Å². The van der Waals surface area contributed by atoms with E-state index in [1.165, 1.54) is 5.56 Å². The van der Waals surface area contributed by atoms with Crippen LogP contribution in [0.4, 0.5) is 0 Å². The molecule has 0 aliphatic heterocycles.